The van der Waals surface area contributed by atoms with Gasteiger partial charge >= 0.3 is 0 Å². The molecule has 0 fully saturated rings. The molecule has 0 aliphatic carbocycles. The lowest BCUT2D eigenvalue weighted by Crippen LogP contribution is -1.96. The van der Waals surface area contributed by atoms with Crippen LogP contribution in [-0.4, -0.2) is 12.9 Å². The van der Waals surface area contributed by atoms with Gasteiger partial charge in [-0.25, -0.2) is 0 Å². The quantitative estimate of drug-likeness (QED) is 0.743. The summed E-state index contributed by atoms with van der Waals surface area (Å²) in [6.07, 6.45) is 0.773. The summed E-state index contributed by atoms with van der Waals surface area (Å²) in [5, 5.41) is 0.422. The molecule has 0 N–H and O–H groups in total. The van der Waals surface area contributed by atoms with Crippen LogP contribution in [0.1, 0.15) is 10.4 Å². The van der Waals surface area contributed by atoms with Crippen molar-refractivity contribution in [3.05, 3.63) is 40.4 Å². The molecule has 2 nitrogen and oxygen atoms in total. The van der Waals surface area contributed by atoms with Crippen molar-refractivity contribution in [3.8, 4) is 5.75 Å². The second kappa shape index (κ2) is 5.68. The van der Waals surface area contributed by atoms with E-state index in [-0.39, 0.29) is 6.61 Å². The number of ether oxygens (including phenoxy) is 1. The molecule has 0 aliphatic rings. The third kappa shape index (κ3) is 3.40. The topological polar surface area (TPSA) is 26.3 Å². The number of benzene rings is 1. The van der Waals surface area contributed by atoms with E-state index in [0.29, 0.717) is 16.3 Å². The van der Waals surface area contributed by atoms with E-state index in [1.165, 1.54) is 5.54 Å². The Morgan fingerprint density at radius 3 is 2.50 bits per heavy atom. The Morgan fingerprint density at radius 2 is 2.00 bits per heavy atom. The van der Waals surface area contributed by atoms with Gasteiger partial charge in [-0.1, -0.05) is 23.2 Å². The predicted molar refractivity (Wildman–Crippen MR) is 57.1 cm³/mol. The van der Waals surface area contributed by atoms with Gasteiger partial charge in [-0.15, -0.1) is 0 Å². The molecule has 0 spiro atoms. The van der Waals surface area contributed by atoms with Gasteiger partial charge in [0.25, 0.3) is 0 Å². The van der Waals surface area contributed by atoms with E-state index in [9.17, 15) is 4.79 Å². The van der Waals surface area contributed by atoms with Crippen molar-refractivity contribution >= 4 is 29.5 Å². The predicted octanol–water partition coefficient (Wildman–Crippen LogP) is 3.20. The molecule has 74 valence electrons. The van der Waals surface area contributed by atoms with Crippen LogP contribution in [0.2, 0.25) is 0 Å². The minimum absolute atomic E-state index is 0.228. The van der Waals surface area contributed by atoms with Gasteiger partial charge in [0.2, 0.25) is 0 Å². The number of rotatable bonds is 4. The molecular formula is C10H8Cl2O2. The zero-order valence-electron chi connectivity index (χ0n) is 7.24. The van der Waals surface area contributed by atoms with Crippen LogP contribution in [0.25, 0.3) is 0 Å². The maximum atomic E-state index is 10.3. The maximum Gasteiger partial charge on any atom is 0.150 e. The highest BCUT2D eigenvalue weighted by molar-refractivity contribution is 6.36. The van der Waals surface area contributed by atoms with Crippen LogP contribution >= 0.6 is 23.2 Å². The standard InChI is InChI=1S/C10H8Cl2O2/c11-5-9(12)7-14-10-3-1-8(6-13)2-4-10/h1-6H,7H2. The molecule has 0 aliphatic heterocycles. The number of halogens is 2. The fraction of sp³-hybridized carbons (Fsp3) is 0.100. The molecule has 0 amide bonds. The van der Waals surface area contributed by atoms with Crippen molar-refractivity contribution in [3.63, 3.8) is 0 Å². The molecule has 14 heavy (non-hydrogen) atoms. The van der Waals surface area contributed by atoms with Gasteiger partial charge in [0.1, 0.15) is 18.6 Å². The van der Waals surface area contributed by atoms with Crippen molar-refractivity contribution < 1.29 is 9.53 Å². The molecule has 1 aromatic rings. The van der Waals surface area contributed by atoms with Crippen LogP contribution in [0.3, 0.4) is 0 Å². The van der Waals surface area contributed by atoms with E-state index in [1.54, 1.807) is 24.3 Å². The van der Waals surface area contributed by atoms with Gasteiger partial charge in [-0.2, -0.15) is 0 Å². The number of carbonyl (C=O) groups is 1. The highest BCUT2D eigenvalue weighted by atomic mass is 35.5. The molecule has 0 unspecified atom stereocenters. The first kappa shape index (κ1) is 11.1. The van der Waals surface area contributed by atoms with Gasteiger partial charge in [-0.05, 0) is 24.3 Å². The maximum absolute atomic E-state index is 10.3. The minimum atomic E-state index is 0.228. The molecule has 0 atom stereocenters. The monoisotopic (exact) mass is 230 g/mol. The Kier molecular flexibility index (Phi) is 4.50. The minimum Gasteiger partial charge on any atom is -0.488 e. The summed E-state index contributed by atoms with van der Waals surface area (Å²) in [4.78, 5) is 10.3. The average Bonchev–Trinajstić information content (AvgIpc) is 2.26. The molecule has 0 saturated carbocycles. The first-order valence-corrected chi connectivity index (χ1v) is 4.70. The largest absolute Gasteiger partial charge is 0.488 e. The van der Waals surface area contributed by atoms with E-state index < -0.39 is 0 Å². The zero-order valence-corrected chi connectivity index (χ0v) is 8.76. The molecule has 0 saturated heterocycles. The molecule has 0 radical (unpaired) electrons. The van der Waals surface area contributed by atoms with Crippen LogP contribution in [0.15, 0.2) is 34.8 Å². The van der Waals surface area contributed by atoms with Crippen molar-refractivity contribution in [2.45, 2.75) is 0 Å². The summed E-state index contributed by atoms with van der Waals surface area (Å²) in [5.74, 6) is 0.646. The van der Waals surface area contributed by atoms with E-state index in [0.717, 1.165) is 6.29 Å². The van der Waals surface area contributed by atoms with Crippen LogP contribution in [0.5, 0.6) is 5.75 Å². The highest BCUT2D eigenvalue weighted by Crippen LogP contribution is 2.13. The molecule has 4 heteroatoms. The first-order chi connectivity index (χ1) is 6.76. The molecule has 0 aromatic heterocycles. The molecule has 0 heterocycles. The SMILES string of the molecule is O=Cc1ccc(OCC(Cl)=CCl)cc1. The molecule has 0 bridgehead atoms. The smallest absolute Gasteiger partial charge is 0.150 e. The fourth-order valence-corrected chi connectivity index (χ4v) is 0.944. The van der Waals surface area contributed by atoms with Crippen LogP contribution in [-0.2, 0) is 0 Å². The van der Waals surface area contributed by atoms with Crippen molar-refractivity contribution in [2.24, 2.45) is 0 Å². The Balaban J connectivity index is 2.56. The lowest BCUT2D eigenvalue weighted by Gasteiger charge is -2.04. The van der Waals surface area contributed by atoms with E-state index in [4.69, 9.17) is 27.9 Å². The summed E-state index contributed by atoms with van der Waals surface area (Å²) >= 11 is 11.0. The summed E-state index contributed by atoms with van der Waals surface area (Å²) < 4.78 is 5.26. The van der Waals surface area contributed by atoms with E-state index in [2.05, 4.69) is 0 Å². The van der Waals surface area contributed by atoms with E-state index in [1.807, 2.05) is 0 Å². The van der Waals surface area contributed by atoms with Crippen molar-refractivity contribution in [2.75, 3.05) is 6.61 Å². The van der Waals surface area contributed by atoms with Gasteiger partial charge in [0.15, 0.2) is 0 Å². The van der Waals surface area contributed by atoms with E-state index >= 15 is 0 Å². The molecule has 1 rings (SSSR count). The van der Waals surface area contributed by atoms with Crippen LogP contribution < -0.4 is 4.74 Å². The highest BCUT2D eigenvalue weighted by Gasteiger charge is 1.96. The summed E-state index contributed by atoms with van der Waals surface area (Å²) in [6.45, 7) is 0.228. The van der Waals surface area contributed by atoms with Gasteiger partial charge < -0.3 is 4.74 Å². The summed E-state index contributed by atoms with van der Waals surface area (Å²) in [7, 11) is 0. The third-order valence-electron chi connectivity index (χ3n) is 1.51. The van der Waals surface area contributed by atoms with Gasteiger partial charge in [0, 0.05) is 11.1 Å². The third-order valence-corrected chi connectivity index (χ3v) is 2.10. The second-order valence-electron chi connectivity index (χ2n) is 2.53. The summed E-state index contributed by atoms with van der Waals surface area (Å²) in [5.41, 5.74) is 1.86. The van der Waals surface area contributed by atoms with Gasteiger partial charge in [0.05, 0.1) is 5.03 Å². The lowest BCUT2D eigenvalue weighted by atomic mass is 10.2. The van der Waals surface area contributed by atoms with Crippen LogP contribution in [0, 0.1) is 0 Å². The normalized spacial score (nSPS) is 11.1. The lowest BCUT2D eigenvalue weighted by molar-refractivity contribution is 0.112. The van der Waals surface area contributed by atoms with Crippen LogP contribution in [0.4, 0.5) is 0 Å². The molecule has 1 aromatic carbocycles. The van der Waals surface area contributed by atoms with Crippen molar-refractivity contribution in [1.82, 2.24) is 0 Å². The molecular weight excluding hydrogens is 223 g/mol. The second-order valence-corrected chi connectivity index (χ2v) is 3.24. The fourth-order valence-electron chi connectivity index (χ4n) is 0.826. The van der Waals surface area contributed by atoms with Gasteiger partial charge in [-0.3, -0.25) is 4.79 Å². The number of hydrogen-bond acceptors (Lipinski definition) is 2. The Morgan fingerprint density at radius 1 is 1.36 bits per heavy atom. The average molecular weight is 231 g/mol. The zero-order chi connectivity index (χ0) is 10.4. The Bertz CT molecular complexity index is 330. The number of carbonyl (C=O) groups excluding carboxylic acids is 1. The number of hydrogen-bond donors (Lipinski definition) is 0. The summed E-state index contributed by atoms with van der Waals surface area (Å²) in [6, 6.07) is 6.73. The Hall–Kier alpha value is -0.990. The number of aldehydes is 1. The van der Waals surface area contributed by atoms with Crippen molar-refractivity contribution in [1.29, 1.82) is 0 Å². The first-order valence-electron chi connectivity index (χ1n) is 3.89. The Labute approximate surface area is 92.1 Å².